The van der Waals surface area contributed by atoms with Gasteiger partial charge in [0.15, 0.2) is 0 Å². The number of benzene rings is 2. The predicted molar refractivity (Wildman–Crippen MR) is 110 cm³/mol. The first kappa shape index (κ1) is 19.8. The van der Waals surface area contributed by atoms with Gasteiger partial charge in [0.25, 0.3) is 5.91 Å². The van der Waals surface area contributed by atoms with Crippen LogP contribution in [0.3, 0.4) is 0 Å². The highest BCUT2D eigenvalue weighted by Crippen LogP contribution is 2.36. The molecule has 0 atom stereocenters. The van der Waals surface area contributed by atoms with Crippen molar-refractivity contribution >= 4 is 29.3 Å². The van der Waals surface area contributed by atoms with E-state index in [0.29, 0.717) is 34.2 Å². The molecule has 0 saturated carbocycles. The van der Waals surface area contributed by atoms with Crippen molar-refractivity contribution in [1.82, 2.24) is 0 Å². The molecule has 0 aliphatic heterocycles. The van der Waals surface area contributed by atoms with E-state index >= 15 is 0 Å². The minimum absolute atomic E-state index is 0.288. The second-order valence-corrected chi connectivity index (χ2v) is 5.91. The maximum Gasteiger partial charge on any atom is 0.255 e. The monoisotopic (exact) mass is 392 g/mol. The van der Waals surface area contributed by atoms with Gasteiger partial charge in [0.2, 0.25) is 5.91 Å². The Hall–Kier alpha value is -4.00. The van der Waals surface area contributed by atoms with Gasteiger partial charge in [-0.2, -0.15) is 0 Å². The minimum atomic E-state index is -0.372. The van der Waals surface area contributed by atoms with Crippen LogP contribution in [0.25, 0.3) is 6.08 Å². The summed E-state index contributed by atoms with van der Waals surface area (Å²) in [5.74, 6) is 0.643. The van der Waals surface area contributed by atoms with Crippen LogP contribution in [0.2, 0.25) is 0 Å². The van der Waals surface area contributed by atoms with Gasteiger partial charge < -0.3 is 24.5 Å². The van der Waals surface area contributed by atoms with Gasteiger partial charge in [-0.15, -0.1) is 0 Å². The van der Waals surface area contributed by atoms with Crippen molar-refractivity contribution in [2.24, 2.45) is 0 Å². The lowest BCUT2D eigenvalue weighted by atomic mass is 10.2. The second-order valence-electron chi connectivity index (χ2n) is 5.91. The van der Waals surface area contributed by atoms with Crippen LogP contribution in [-0.4, -0.2) is 26.0 Å². The highest BCUT2D eigenvalue weighted by atomic mass is 16.5. The van der Waals surface area contributed by atoms with Gasteiger partial charge in [-0.3, -0.25) is 9.59 Å². The summed E-state index contributed by atoms with van der Waals surface area (Å²) in [6, 6.07) is 15.4. The highest BCUT2D eigenvalue weighted by molar-refractivity contribution is 6.06. The first-order valence-corrected chi connectivity index (χ1v) is 8.75. The average molecular weight is 392 g/mol. The molecule has 0 aliphatic carbocycles. The molecule has 0 fully saturated rings. The fourth-order valence-corrected chi connectivity index (χ4v) is 2.60. The lowest BCUT2D eigenvalue weighted by Gasteiger charge is -2.15. The molecule has 7 heteroatoms. The molecular formula is C22H20N2O5. The van der Waals surface area contributed by atoms with E-state index in [-0.39, 0.29) is 11.8 Å². The van der Waals surface area contributed by atoms with Gasteiger partial charge in [0.05, 0.1) is 31.9 Å². The van der Waals surface area contributed by atoms with E-state index in [2.05, 4.69) is 10.6 Å². The molecule has 0 spiro atoms. The summed E-state index contributed by atoms with van der Waals surface area (Å²) in [6.45, 7) is 0. The minimum Gasteiger partial charge on any atom is -0.494 e. The van der Waals surface area contributed by atoms with Gasteiger partial charge in [-0.25, -0.2) is 0 Å². The van der Waals surface area contributed by atoms with E-state index < -0.39 is 0 Å². The highest BCUT2D eigenvalue weighted by Gasteiger charge is 2.15. The molecule has 0 bridgehead atoms. The van der Waals surface area contributed by atoms with Crippen molar-refractivity contribution in [2.45, 2.75) is 0 Å². The lowest BCUT2D eigenvalue weighted by Crippen LogP contribution is -2.14. The molecule has 1 heterocycles. The number of carbonyl (C=O) groups excluding carboxylic acids is 2. The SMILES string of the molecule is COc1cc(NC(=O)c2ccccc2)c(OC)cc1NC(=O)/C=C/c1ccco1. The number of ether oxygens (including phenoxy) is 2. The Morgan fingerprint density at radius 2 is 1.55 bits per heavy atom. The van der Waals surface area contributed by atoms with Gasteiger partial charge in [0.1, 0.15) is 17.3 Å². The van der Waals surface area contributed by atoms with Crippen LogP contribution in [0.1, 0.15) is 16.1 Å². The van der Waals surface area contributed by atoms with E-state index in [1.54, 1.807) is 54.6 Å². The zero-order chi connectivity index (χ0) is 20.6. The normalized spacial score (nSPS) is 10.6. The summed E-state index contributed by atoms with van der Waals surface area (Å²) in [6.07, 6.45) is 4.41. The Morgan fingerprint density at radius 3 is 2.14 bits per heavy atom. The summed E-state index contributed by atoms with van der Waals surface area (Å²) in [4.78, 5) is 24.7. The fourth-order valence-electron chi connectivity index (χ4n) is 2.60. The van der Waals surface area contributed by atoms with Crippen molar-refractivity contribution < 1.29 is 23.5 Å². The third-order valence-corrected chi connectivity index (χ3v) is 4.01. The number of hydrogen-bond acceptors (Lipinski definition) is 5. The number of furan rings is 1. The summed E-state index contributed by atoms with van der Waals surface area (Å²) in [5, 5.41) is 5.52. The molecule has 7 nitrogen and oxygen atoms in total. The fraction of sp³-hybridized carbons (Fsp3) is 0.0909. The van der Waals surface area contributed by atoms with Crippen LogP contribution in [-0.2, 0) is 4.79 Å². The molecule has 1 aromatic heterocycles. The Labute approximate surface area is 167 Å². The van der Waals surface area contributed by atoms with E-state index in [9.17, 15) is 9.59 Å². The maximum absolute atomic E-state index is 12.4. The van der Waals surface area contributed by atoms with Gasteiger partial charge in [-0.1, -0.05) is 18.2 Å². The molecule has 0 radical (unpaired) electrons. The number of carbonyl (C=O) groups is 2. The average Bonchev–Trinajstić information content (AvgIpc) is 3.27. The van der Waals surface area contributed by atoms with Crippen LogP contribution < -0.4 is 20.1 Å². The van der Waals surface area contributed by atoms with Crippen LogP contribution in [0.4, 0.5) is 11.4 Å². The van der Waals surface area contributed by atoms with Gasteiger partial charge in [-0.05, 0) is 30.3 Å². The number of rotatable bonds is 7. The van der Waals surface area contributed by atoms with E-state index in [0.717, 1.165) is 0 Å². The Kier molecular flexibility index (Phi) is 6.32. The zero-order valence-electron chi connectivity index (χ0n) is 16.0. The molecule has 29 heavy (non-hydrogen) atoms. The molecule has 2 aromatic carbocycles. The van der Waals surface area contributed by atoms with Gasteiger partial charge in [0, 0.05) is 23.8 Å². The third kappa shape index (κ3) is 5.04. The molecule has 0 saturated heterocycles. The van der Waals surface area contributed by atoms with E-state index in [1.807, 2.05) is 6.07 Å². The van der Waals surface area contributed by atoms with Gasteiger partial charge >= 0.3 is 0 Å². The summed E-state index contributed by atoms with van der Waals surface area (Å²) >= 11 is 0. The van der Waals surface area contributed by atoms with E-state index in [1.165, 1.54) is 26.6 Å². The first-order chi connectivity index (χ1) is 14.1. The molecule has 2 amide bonds. The van der Waals surface area contributed by atoms with Crippen molar-refractivity contribution in [3.8, 4) is 11.5 Å². The Bertz CT molecular complexity index is 1010. The Morgan fingerprint density at radius 1 is 0.897 bits per heavy atom. The summed E-state index contributed by atoms with van der Waals surface area (Å²) in [7, 11) is 2.95. The Balaban J connectivity index is 1.80. The number of anilines is 2. The van der Waals surface area contributed by atoms with Crippen molar-refractivity contribution in [2.75, 3.05) is 24.9 Å². The van der Waals surface area contributed by atoms with Crippen molar-refractivity contribution in [3.63, 3.8) is 0 Å². The summed E-state index contributed by atoms with van der Waals surface area (Å²) in [5.41, 5.74) is 1.33. The van der Waals surface area contributed by atoms with Crippen LogP contribution >= 0.6 is 0 Å². The molecule has 148 valence electrons. The van der Waals surface area contributed by atoms with Crippen LogP contribution in [0, 0.1) is 0 Å². The zero-order valence-corrected chi connectivity index (χ0v) is 16.0. The lowest BCUT2D eigenvalue weighted by molar-refractivity contribution is -0.111. The maximum atomic E-state index is 12.4. The largest absolute Gasteiger partial charge is 0.494 e. The van der Waals surface area contributed by atoms with E-state index in [4.69, 9.17) is 13.9 Å². The number of nitrogens with one attached hydrogen (secondary N) is 2. The molecular weight excluding hydrogens is 372 g/mol. The quantitative estimate of drug-likeness (QED) is 0.588. The second kappa shape index (κ2) is 9.27. The number of hydrogen-bond donors (Lipinski definition) is 2. The third-order valence-electron chi connectivity index (χ3n) is 4.01. The molecule has 0 unspecified atom stereocenters. The topological polar surface area (TPSA) is 89.8 Å². The van der Waals surface area contributed by atoms with Crippen LogP contribution in [0.15, 0.2) is 71.4 Å². The molecule has 0 aliphatic rings. The standard InChI is InChI=1S/C22H20N2O5/c1-27-19-14-18(24-22(26)15-7-4-3-5-8-15)20(28-2)13-17(19)23-21(25)11-10-16-9-6-12-29-16/h3-14H,1-2H3,(H,23,25)(H,24,26)/b11-10+. The van der Waals surface area contributed by atoms with Crippen molar-refractivity contribution in [1.29, 1.82) is 0 Å². The number of amides is 2. The summed E-state index contributed by atoms with van der Waals surface area (Å²) < 4.78 is 15.9. The van der Waals surface area contributed by atoms with Crippen LogP contribution in [0.5, 0.6) is 11.5 Å². The van der Waals surface area contributed by atoms with Crippen molar-refractivity contribution in [3.05, 3.63) is 78.3 Å². The smallest absolute Gasteiger partial charge is 0.255 e. The molecule has 3 aromatic rings. The number of methoxy groups -OCH3 is 2. The molecule has 2 N–H and O–H groups in total. The first-order valence-electron chi connectivity index (χ1n) is 8.75. The molecule has 3 rings (SSSR count). The predicted octanol–water partition coefficient (Wildman–Crippen LogP) is 4.20.